The van der Waals surface area contributed by atoms with Gasteiger partial charge in [0.2, 0.25) is 5.89 Å². The second-order valence-corrected chi connectivity index (χ2v) is 5.50. The molecular formula is C14H19N3OS. The Kier molecular flexibility index (Phi) is 5.42. The summed E-state index contributed by atoms with van der Waals surface area (Å²) in [6.45, 7) is 2.80. The van der Waals surface area contributed by atoms with Crippen molar-refractivity contribution < 1.29 is 4.52 Å². The van der Waals surface area contributed by atoms with Crippen molar-refractivity contribution in [1.82, 2.24) is 10.1 Å². The van der Waals surface area contributed by atoms with Gasteiger partial charge in [-0.2, -0.15) is 4.98 Å². The zero-order chi connectivity index (χ0) is 13.5. The molecule has 2 aromatic rings. The van der Waals surface area contributed by atoms with Crippen LogP contribution in [0.15, 0.2) is 33.7 Å². The van der Waals surface area contributed by atoms with Crippen molar-refractivity contribution in [1.29, 1.82) is 0 Å². The first-order valence-corrected chi connectivity index (χ1v) is 7.47. The number of thioether (sulfide) groups is 1. The van der Waals surface area contributed by atoms with Gasteiger partial charge in [-0.25, -0.2) is 0 Å². The summed E-state index contributed by atoms with van der Waals surface area (Å²) < 4.78 is 5.20. The summed E-state index contributed by atoms with van der Waals surface area (Å²) in [6, 6.07) is 8.44. The van der Waals surface area contributed by atoms with E-state index in [1.807, 2.05) is 0 Å². The van der Waals surface area contributed by atoms with Crippen molar-refractivity contribution >= 4 is 11.8 Å². The van der Waals surface area contributed by atoms with Gasteiger partial charge in [0.15, 0.2) is 5.82 Å². The number of rotatable bonds is 7. The Morgan fingerprint density at radius 2 is 2.00 bits per heavy atom. The molecule has 2 N–H and O–H groups in total. The van der Waals surface area contributed by atoms with Gasteiger partial charge in [0, 0.05) is 11.3 Å². The fourth-order valence-electron chi connectivity index (χ4n) is 1.65. The molecule has 102 valence electrons. The van der Waals surface area contributed by atoms with Crippen LogP contribution in [0.3, 0.4) is 0 Å². The lowest BCUT2D eigenvalue weighted by Gasteiger charge is -1.98. The van der Waals surface area contributed by atoms with Crippen LogP contribution in [0.4, 0.5) is 0 Å². The second kappa shape index (κ2) is 7.31. The molecule has 0 saturated heterocycles. The molecule has 0 amide bonds. The first kappa shape index (κ1) is 14.1. The molecule has 2 rings (SSSR count). The normalized spacial score (nSPS) is 10.8. The van der Waals surface area contributed by atoms with Crippen LogP contribution in [-0.4, -0.2) is 16.7 Å². The van der Waals surface area contributed by atoms with Crippen molar-refractivity contribution in [2.24, 2.45) is 5.73 Å². The van der Waals surface area contributed by atoms with E-state index in [9.17, 15) is 0 Å². The van der Waals surface area contributed by atoms with E-state index in [0.29, 0.717) is 12.4 Å². The highest BCUT2D eigenvalue weighted by Gasteiger charge is 2.06. The van der Waals surface area contributed by atoms with Crippen molar-refractivity contribution in [2.75, 3.05) is 6.54 Å². The first-order valence-electron chi connectivity index (χ1n) is 6.49. The molecule has 4 nitrogen and oxygen atoms in total. The summed E-state index contributed by atoms with van der Waals surface area (Å²) in [4.78, 5) is 5.60. The third-order valence-corrected chi connectivity index (χ3v) is 3.75. The fourth-order valence-corrected chi connectivity index (χ4v) is 2.39. The monoisotopic (exact) mass is 277 g/mol. The number of aromatic nitrogens is 2. The Balaban J connectivity index is 1.81. The maximum absolute atomic E-state index is 5.45. The van der Waals surface area contributed by atoms with Gasteiger partial charge in [0.25, 0.3) is 0 Å². The van der Waals surface area contributed by atoms with Crippen molar-refractivity contribution in [2.45, 2.75) is 36.8 Å². The van der Waals surface area contributed by atoms with Crippen LogP contribution in [0.2, 0.25) is 0 Å². The standard InChI is InChI=1S/C14H19N3OS/c1-11-5-7-12(8-6-11)19-10-13-16-14(18-17-13)4-2-3-9-15/h5-8H,2-4,9-10,15H2,1H3. The van der Waals surface area contributed by atoms with Gasteiger partial charge in [-0.15, -0.1) is 11.8 Å². The minimum absolute atomic E-state index is 0.713. The van der Waals surface area contributed by atoms with Crippen molar-refractivity contribution in [3.05, 3.63) is 41.5 Å². The molecule has 0 spiro atoms. The van der Waals surface area contributed by atoms with Gasteiger partial charge in [-0.1, -0.05) is 22.9 Å². The highest BCUT2D eigenvalue weighted by atomic mass is 32.2. The van der Waals surface area contributed by atoms with Crippen LogP contribution < -0.4 is 5.73 Å². The molecule has 0 atom stereocenters. The highest BCUT2D eigenvalue weighted by Crippen LogP contribution is 2.21. The highest BCUT2D eigenvalue weighted by molar-refractivity contribution is 7.98. The Bertz CT molecular complexity index is 496. The van der Waals surface area contributed by atoms with E-state index in [0.717, 1.165) is 30.8 Å². The van der Waals surface area contributed by atoms with Gasteiger partial charge < -0.3 is 10.3 Å². The summed E-state index contributed by atoms with van der Waals surface area (Å²) >= 11 is 1.72. The number of nitrogens with zero attached hydrogens (tertiary/aromatic N) is 2. The largest absolute Gasteiger partial charge is 0.339 e. The molecule has 0 unspecified atom stereocenters. The third kappa shape index (κ3) is 4.69. The number of aryl methyl sites for hydroxylation is 2. The topological polar surface area (TPSA) is 64.9 Å². The molecule has 0 aliphatic heterocycles. The predicted octanol–water partition coefficient (Wildman–Crippen LogP) is 2.95. The average Bonchev–Trinajstić information content (AvgIpc) is 2.86. The van der Waals surface area contributed by atoms with Gasteiger partial charge in [0.05, 0.1) is 5.75 Å². The van der Waals surface area contributed by atoms with Crippen LogP contribution in [0.1, 0.15) is 30.1 Å². The van der Waals surface area contributed by atoms with Crippen LogP contribution in [0.5, 0.6) is 0 Å². The average molecular weight is 277 g/mol. The Labute approximate surface area is 117 Å². The molecule has 5 heteroatoms. The first-order chi connectivity index (χ1) is 9.28. The van der Waals surface area contributed by atoms with E-state index < -0.39 is 0 Å². The number of nitrogens with two attached hydrogens (primary N) is 1. The predicted molar refractivity (Wildman–Crippen MR) is 77.0 cm³/mol. The van der Waals surface area contributed by atoms with Gasteiger partial charge in [-0.3, -0.25) is 0 Å². The van der Waals surface area contributed by atoms with E-state index in [2.05, 4.69) is 41.3 Å². The van der Waals surface area contributed by atoms with E-state index in [1.54, 1.807) is 11.8 Å². The maximum atomic E-state index is 5.45. The van der Waals surface area contributed by atoms with Gasteiger partial charge >= 0.3 is 0 Å². The zero-order valence-electron chi connectivity index (χ0n) is 11.1. The van der Waals surface area contributed by atoms with Crippen molar-refractivity contribution in [3.63, 3.8) is 0 Å². The number of hydrogen-bond donors (Lipinski definition) is 1. The van der Waals surface area contributed by atoms with E-state index in [4.69, 9.17) is 10.3 Å². The zero-order valence-corrected chi connectivity index (χ0v) is 11.9. The fraction of sp³-hybridized carbons (Fsp3) is 0.429. The molecule has 0 bridgehead atoms. The summed E-state index contributed by atoms with van der Waals surface area (Å²) in [5.41, 5.74) is 6.72. The van der Waals surface area contributed by atoms with E-state index >= 15 is 0 Å². The molecule has 0 fully saturated rings. The summed E-state index contributed by atoms with van der Waals surface area (Å²) in [7, 11) is 0. The quantitative estimate of drug-likeness (QED) is 0.622. The molecule has 1 aromatic heterocycles. The lowest BCUT2D eigenvalue weighted by molar-refractivity contribution is 0.371. The SMILES string of the molecule is Cc1ccc(SCc2noc(CCCCN)n2)cc1. The van der Waals surface area contributed by atoms with Crippen LogP contribution in [0.25, 0.3) is 0 Å². The molecule has 0 aliphatic carbocycles. The Morgan fingerprint density at radius 3 is 2.74 bits per heavy atom. The molecular weight excluding hydrogens is 258 g/mol. The van der Waals surface area contributed by atoms with E-state index in [1.165, 1.54) is 10.5 Å². The smallest absolute Gasteiger partial charge is 0.226 e. The van der Waals surface area contributed by atoms with Crippen molar-refractivity contribution in [3.8, 4) is 0 Å². The minimum atomic E-state index is 0.713. The minimum Gasteiger partial charge on any atom is -0.339 e. The Hall–Kier alpha value is -1.33. The summed E-state index contributed by atoms with van der Waals surface area (Å²) in [6.07, 6.45) is 2.82. The van der Waals surface area contributed by atoms with E-state index in [-0.39, 0.29) is 0 Å². The third-order valence-electron chi connectivity index (χ3n) is 2.74. The second-order valence-electron chi connectivity index (χ2n) is 4.45. The summed E-state index contributed by atoms with van der Waals surface area (Å²) in [5.74, 6) is 2.21. The Morgan fingerprint density at radius 1 is 1.21 bits per heavy atom. The maximum Gasteiger partial charge on any atom is 0.226 e. The number of hydrogen-bond acceptors (Lipinski definition) is 5. The summed E-state index contributed by atoms with van der Waals surface area (Å²) in [5, 5.41) is 3.99. The molecule has 0 aliphatic rings. The van der Waals surface area contributed by atoms with Gasteiger partial charge in [0.1, 0.15) is 0 Å². The van der Waals surface area contributed by atoms with Gasteiger partial charge in [-0.05, 0) is 38.4 Å². The van der Waals surface area contributed by atoms with Crippen LogP contribution in [-0.2, 0) is 12.2 Å². The van der Waals surface area contributed by atoms with Crippen LogP contribution in [0, 0.1) is 6.92 Å². The number of benzene rings is 1. The lowest BCUT2D eigenvalue weighted by Crippen LogP contribution is -1.99. The number of unbranched alkanes of at least 4 members (excludes halogenated alkanes) is 1. The molecule has 0 saturated carbocycles. The molecule has 0 radical (unpaired) electrons. The van der Waals surface area contributed by atoms with Crippen LogP contribution >= 0.6 is 11.8 Å². The molecule has 19 heavy (non-hydrogen) atoms. The molecule has 1 heterocycles. The lowest BCUT2D eigenvalue weighted by atomic mass is 10.2. The molecule has 1 aromatic carbocycles.